The topological polar surface area (TPSA) is 297 Å². The molecule has 8 atom stereocenters. The largest absolute Gasteiger partial charge is 0.391 e. The van der Waals surface area contributed by atoms with E-state index in [-0.39, 0.29) is 68.9 Å². The van der Waals surface area contributed by atoms with Crippen LogP contribution < -0.4 is 27.0 Å². The molecule has 9 N–H and O–H groups in total. The first kappa shape index (κ1) is 64.8. The van der Waals surface area contributed by atoms with Crippen LogP contribution >= 0.6 is 18.9 Å². The summed E-state index contributed by atoms with van der Waals surface area (Å²) in [7, 11) is -4.25. The number of thiazole rings is 1. The van der Waals surface area contributed by atoms with E-state index in [0.717, 1.165) is 49.5 Å². The third-order valence-corrected chi connectivity index (χ3v) is 18.3. The van der Waals surface area contributed by atoms with Gasteiger partial charge in [0.2, 0.25) is 35.4 Å². The Hall–Kier alpha value is -7.19. The number of unbranched alkanes of at least 4 members (excludes halogenated alkanes) is 1. The predicted molar refractivity (Wildman–Crippen MR) is 328 cm³/mol. The molecule has 1 fully saturated rings. The first-order valence-corrected chi connectivity index (χ1v) is 32.1. The van der Waals surface area contributed by atoms with Crippen molar-refractivity contribution in [3.05, 3.63) is 153 Å². The van der Waals surface area contributed by atoms with Crippen molar-refractivity contribution < 1.29 is 57.8 Å². The highest BCUT2D eigenvalue weighted by molar-refractivity contribution is 7.50. The van der Waals surface area contributed by atoms with Crippen molar-refractivity contribution >= 4 is 65.7 Å². The van der Waals surface area contributed by atoms with Crippen LogP contribution in [0.15, 0.2) is 103 Å². The number of aliphatic hydroxyl groups is 1. The third-order valence-electron chi connectivity index (χ3n) is 16.6. The van der Waals surface area contributed by atoms with E-state index in [4.69, 9.17) is 10.5 Å². The number of aryl methyl sites for hydroxylation is 3. The van der Waals surface area contributed by atoms with Gasteiger partial charge in [-0.25, -0.2) is 4.98 Å². The first-order chi connectivity index (χ1) is 40.8. The number of allylic oxidation sites excluding steroid dienone is 1. The number of ether oxygens (including phenoxy) is 1. The molecule has 8 rings (SSSR count). The Kier molecular flexibility index (Phi) is 21.5. The standard InChI is InChI=1S/C65H80N7O12PS/c1-38(45-22-20-44(21-23-45)36-85(81,82)83)30-56(76)69-52-27-26-46-11-9-12-48-31-50(58(57(46)48)59(52)77)62(78)70-51(28-29-54(66)74)40(3)84-35-43-16-14-41(15-17-43)10-7-8-13-55(75)71-61(65(4,5)6)64(80)72-34-49(73)32-53(72)63(79)67-33-42-18-24-47(25-19-42)60-39(2)68-37-86-60/h9,11-12,14-25,30,37,40,49-53,58,61,73H,7-8,10,13,26-29,31-36H2,1-6H3,(H2,66,74)(H,67,79)(H,69,76)(H,70,78)(H,71,75)(H2,81,82,83)/b38-30+/t40-,49-,50-,51+,52+,53+,58?,61-/m1/s1. The number of aromatic nitrogens is 1. The minimum Gasteiger partial charge on any atom is -0.391 e. The number of carbonyl (C=O) groups is 7. The molecule has 1 saturated heterocycles. The summed E-state index contributed by atoms with van der Waals surface area (Å²) in [6.45, 7) is 11.5. The zero-order valence-electron chi connectivity index (χ0n) is 49.7. The number of nitrogens with one attached hydrogen (secondary N) is 4. The van der Waals surface area contributed by atoms with Gasteiger partial charge in [-0.15, -0.1) is 11.3 Å². The lowest BCUT2D eigenvalue weighted by Crippen LogP contribution is -2.57. The molecular formula is C65H80N7O12PS. The van der Waals surface area contributed by atoms with E-state index in [1.54, 1.807) is 48.0 Å². The van der Waals surface area contributed by atoms with Crippen molar-refractivity contribution in [2.24, 2.45) is 17.1 Å². The molecule has 0 spiro atoms. The third kappa shape index (κ3) is 17.1. The fourth-order valence-corrected chi connectivity index (χ4v) is 13.3. The SMILES string of the molecule is C/C(=C\C(=O)N[C@H]1CCc2cccc3c2C(C1=O)[C@H](C(=O)N[C@@H](CCC(N)=O)[C@@H](C)OCc1ccc(CCCCC(=O)N[C@H](C(=O)N2C[C@H](O)C[C@H]2C(=O)NCc2ccc(-c4scnc4C)cc2)C(C)(C)C)cc1)C3)c1ccc(CP(=O)(O)O)cc1. The molecule has 0 saturated carbocycles. The second-order valence-corrected chi connectivity index (χ2v) is 26.7. The molecule has 1 aliphatic heterocycles. The normalized spacial score (nSPS) is 19.6. The number of likely N-dealkylation sites (tertiary alicyclic amines) is 1. The molecule has 4 aromatic carbocycles. The predicted octanol–water partition coefficient (Wildman–Crippen LogP) is 7.03. The van der Waals surface area contributed by atoms with Crippen LogP contribution in [0, 0.1) is 18.3 Å². The number of ketones is 1. The summed E-state index contributed by atoms with van der Waals surface area (Å²) in [5, 5.41) is 22.6. The lowest BCUT2D eigenvalue weighted by Gasteiger charge is -2.35. The Morgan fingerprint density at radius 2 is 1.56 bits per heavy atom. The molecule has 21 heteroatoms. The maximum atomic E-state index is 14.6. The van der Waals surface area contributed by atoms with Crippen LogP contribution in [0.25, 0.3) is 16.0 Å². The first-order valence-electron chi connectivity index (χ1n) is 29.4. The number of hydrogen-bond donors (Lipinski definition) is 8. The summed E-state index contributed by atoms with van der Waals surface area (Å²) in [4.78, 5) is 121. The van der Waals surface area contributed by atoms with Gasteiger partial charge in [-0.1, -0.05) is 112 Å². The zero-order chi connectivity index (χ0) is 62.0. The van der Waals surface area contributed by atoms with Crippen molar-refractivity contribution in [2.75, 3.05) is 6.54 Å². The quantitative estimate of drug-likeness (QED) is 0.0166. The maximum Gasteiger partial charge on any atom is 0.329 e. The molecule has 19 nitrogen and oxygen atoms in total. The van der Waals surface area contributed by atoms with Gasteiger partial charge in [0.25, 0.3) is 0 Å². The average Bonchev–Trinajstić information content (AvgIpc) is 1.71. The van der Waals surface area contributed by atoms with Crippen molar-refractivity contribution in [1.82, 2.24) is 31.2 Å². The summed E-state index contributed by atoms with van der Waals surface area (Å²) < 4.78 is 17.8. The monoisotopic (exact) mass is 1210 g/mol. The highest BCUT2D eigenvalue weighted by atomic mass is 32.1. The molecule has 2 aliphatic carbocycles. The number of benzene rings is 4. The molecule has 0 radical (unpaired) electrons. The fourth-order valence-electron chi connectivity index (χ4n) is 11.8. The summed E-state index contributed by atoms with van der Waals surface area (Å²) >= 11 is 1.56. The van der Waals surface area contributed by atoms with Crippen LogP contribution in [0.2, 0.25) is 0 Å². The van der Waals surface area contributed by atoms with Gasteiger partial charge in [0, 0.05) is 38.4 Å². The molecule has 3 aliphatic rings. The van der Waals surface area contributed by atoms with E-state index in [2.05, 4.69) is 26.3 Å². The number of Topliss-reactive ketones (excluding diaryl/α,β-unsaturated/α-hetero) is 1. The van der Waals surface area contributed by atoms with Gasteiger partial charge in [-0.3, -0.25) is 38.1 Å². The molecule has 0 bridgehead atoms. The molecule has 458 valence electrons. The van der Waals surface area contributed by atoms with E-state index in [1.807, 2.05) is 101 Å². The van der Waals surface area contributed by atoms with E-state index < -0.39 is 85.1 Å². The smallest absolute Gasteiger partial charge is 0.329 e. The second-order valence-electron chi connectivity index (χ2n) is 24.2. The Balaban J connectivity index is 0.805. The molecule has 1 aromatic heterocycles. The minimum atomic E-state index is -4.25. The number of carbonyl (C=O) groups excluding carboxylic acids is 7. The maximum absolute atomic E-state index is 14.6. The van der Waals surface area contributed by atoms with Crippen LogP contribution in [-0.2, 0) is 81.4 Å². The van der Waals surface area contributed by atoms with Crippen LogP contribution in [0.3, 0.4) is 0 Å². The van der Waals surface area contributed by atoms with Gasteiger partial charge in [0.1, 0.15) is 12.1 Å². The molecular weight excluding hydrogens is 1130 g/mol. The van der Waals surface area contributed by atoms with Gasteiger partial charge in [-0.2, -0.15) is 0 Å². The van der Waals surface area contributed by atoms with Crippen molar-refractivity contribution in [2.45, 2.75) is 167 Å². The van der Waals surface area contributed by atoms with E-state index in [1.165, 1.54) is 11.0 Å². The van der Waals surface area contributed by atoms with Crippen LogP contribution in [0.1, 0.15) is 136 Å². The van der Waals surface area contributed by atoms with E-state index in [9.17, 15) is 53.0 Å². The molecule has 2 heterocycles. The highest BCUT2D eigenvalue weighted by Crippen LogP contribution is 2.44. The Bertz CT molecular complexity index is 3360. The van der Waals surface area contributed by atoms with Crippen molar-refractivity contribution in [3.63, 3.8) is 0 Å². The van der Waals surface area contributed by atoms with Crippen LogP contribution in [0.4, 0.5) is 0 Å². The van der Waals surface area contributed by atoms with E-state index >= 15 is 0 Å². The number of aliphatic hydroxyl groups excluding tert-OH is 1. The van der Waals surface area contributed by atoms with Gasteiger partial charge >= 0.3 is 7.60 Å². The molecule has 6 amide bonds. The van der Waals surface area contributed by atoms with Gasteiger partial charge < -0.3 is 51.5 Å². The number of hydrogen-bond acceptors (Lipinski definition) is 12. The number of β-amino-alcohol motifs (C(OH)–C–C–N with tert-alkyl or cyclic N) is 1. The van der Waals surface area contributed by atoms with Crippen molar-refractivity contribution in [3.8, 4) is 10.4 Å². The number of primary amides is 1. The number of nitrogens with two attached hydrogens (primary N) is 1. The minimum absolute atomic E-state index is 0.0167. The van der Waals surface area contributed by atoms with Gasteiger partial charge in [0.15, 0.2) is 5.78 Å². The lowest BCUT2D eigenvalue weighted by atomic mass is 9.84. The van der Waals surface area contributed by atoms with Crippen LogP contribution in [0.5, 0.6) is 0 Å². The van der Waals surface area contributed by atoms with Gasteiger partial charge in [0.05, 0.1) is 65.0 Å². The summed E-state index contributed by atoms with van der Waals surface area (Å²) in [6.07, 6.45) is 3.05. The molecule has 1 unspecified atom stereocenters. The molecule has 86 heavy (non-hydrogen) atoms. The summed E-state index contributed by atoms with van der Waals surface area (Å²) in [5.74, 6) is -4.37. The summed E-state index contributed by atoms with van der Waals surface area (Å²) in [5.41, 5.74) is 15.9. The Morgan fingerprint density at radius 3 is 2.22 bits per heavy atom. The average molecular weight is 1210 g/mol. The Morgan fingerprint density at radius 1 is 0.884 bits per heavy atom. The summed E-state index contributed by atoms with van der Waals surface area (Å²) in [6, 6.07) is 24.7. The van der Waals surface area contributed by atoms with Crippen molar-refractivity contribution in [1.29, 1.82) is 0 Å². The van der Waals surface area contributed by atoms with Crippen LogP contribution in [-0.4, -0.2) is 109 Å². The second kappa shape index (κ2) is 28.5. The van der Waals surface area contributed by atoms with E-state index in [0.29, 0.717) is 55.2 Å². The zero-order valence-corrected chi connectivity index (χ0v) is 51.4. The lowest BCUT2D eigenvalue weighted by molar-refractivity contribution is -0.144. The fraction of sp³-hybridized carbons (Fsp3) is 0.446. The molecule has 5 aromatic rings. The number of amides is 6. The Labute approximate surface area is 506 Å². The number of nitrogens with zero attached hydrogens (tertiary/aromatic N) is 2. The van der Waals surface area contributed by atoms with Gasteiger partial charge in [-0.05, 0) is 127 Å². The highest BCUT2D eigenvalue weighted by Gasteiger charge is 2.48. The number of rotatable bonds is 25.